The van der Waals surface area contributed by atoms with E-state index in [1.54, 1.807) is 43.5 Å². The van der Waals surface area contributed by atoms with Crippen molar-refractivity contribution in [3.05, 3.63) is 78.6 Å². The third-order valence-corrected chi connectivity index (χ3v) is 5.21. The molecule has 0 saturated heterocycles. The Morgan fingerprint density at radius 3 is 2.39 bits per heavy atom. The summed E-state index contributed by atoms with van der Waals surface area (Å²) in [7, 11) is 1.56. The second-order valence-electron chi connectivity index (χ2n) is 5.41. The number of hydrogen-bond donors (Lipinski definition) is 1. The summed E-state index contributed by atoms with van der Waals surface area (Å²) in [5.74, 6) is 0.661. The zero-order valence-corrected chi connectivity index (χ0v) is 17.3. The Morgan fingerprint density at radius 2 is 1.71 bits per heavy atom. The normalized spacial score (nSPS) is 11.0. The highest BCUT2D eigenvalue weighted by Crippen LogP contribution is 2.30. The van der Waals surface area contributed by atoms with E-state index in [1.807, 2.05) is 0 Å². The number of ether oxygens (including phenoxy) is 1. The van der Waals surface area contributed by atoms with Crippen LogP contribution < -0.4 is 15.7 Å². The van der Waals surface area contributed by atoms with Gasteiger partial charge in [0.05, 0.1) is 40.3 Å². The molecule has 0 aliphatic heterocycles. The lowest BCUT2D eigenvalue weighted by molar-refractivity contribution is 0.414. The molecule has 0 aliphatic rings. The summed E-state index contributed by atoms with van der Waals surface area (Å²) < 4.78 is 6.26. The lowest BCUT2D eigenvalue weighted by Crippen LogP contribution is -2.22. The van der Waals surface area contributed by atoms with Crippen molar-refractivity contribution in [3.63, 3.8) is 0 Å². The van der Waals surface area contributed by atoms with Crippen LogP contribution in [0.5, 0.6) is 5.75 Å². The molecule has 144 valence electrons. The van der Waals surface area contributed by atoms with E-state index in [0.717, 1.165) is 0 Å². The van der Waals surface area contributed by atoms with Gasteiger partial charge >= 0.3 is 0 Å². The number of nitrogens with one attached hydrogen (secondary N) is 1. The van der Waals surface area contributed by atoms with Gasteiger partial charge in [0.25, 0.3) is 5.56 Å². The molecule has 0 aliphatic carbocycles. The highest BCUT2D eigenvalue weighted by atomic mass is 35.5. The van der Waals surface area contributed by atoms with E-state index in [9.17, 15) is 4.79 Å². The van der Waals surface area contributed by atoms with Gasteiger partial charge in [-0.1, -0.05) is 46.4 Å². The van der Waals surface area contributed by atoms with Crippen LogP contribution in [0, 0.1) is 0 Å². The molecule has 0 amide bonds. The van der Waals surface area contributed by atoms with Crippen LogP contribution in [0.15, 0.2) is 52.5 Å². The molecule has 0 fully saturated rings. The maximum Gasteiger partial charge on any atom is 0.292 e. The molecular formula is C18H12Cl4N4O2. The van der Waals surface area contributed by atoms with Gasteiger partial charge in [-0.25, -0.2) is 0 Å². The second-order valence-corrected chi connectivity index (χ2v) is 6.98. The van der Waals surface area contributed by atoms with E-state index in [-0.39, 0.29) is 15.7 Å². The fraction of sp³-hybridized carbons (Fsp3) is 0.0556. The number of halogens is 4. The fourth-order valence-electron chi connectivity index (χ4n) is 2.25. The van der Waals surface area contributed by atoms with Gasteiger partial charge in [0.2, 0.25) is 0 Å². The van der Waals surface area contributed by atoms with Gasteiger partial charge in [-0.15, -0.1) is 0 Å². The van der Waals surface area contributed by atoms with Gasteiger partial charge in [-0.2, -0.15) is 14.9 Å². The predicted molar refractivity (Wildman–Crippen MR) is 114 cm³/mol. The van der Waals surface area contributed by atoms with Gasteiger partial charge in [0.1, 0.15) is 16.5 Å². The minimum Gasteiger partial charge on any atom is -0.497 e. The lowest BCUT2D eigenvalue weighted by atomic mass is 10.2. The Morgan fingerprint density at radius 1 is 1.04 bits per heavy atom. The molecule has 1 N–H and O–H groups in total. The summed E-state index contributed by atoms with van der Waals surface area (Å²) in [6.45, 7) is 0. The van der Waals surface area contributed by atoms with E-state index >= 15 is 0 Å². The number of anilines is 1. The monoisotopic (exact) mass is 456 g/mol. The number of benzene rings is 2. The van der Waals surface area contributed by atoms with Crippen molar-refractivity contribution in [2.24, 2.45) is 5.10 Å². The number of methoxy groups -OCH3 is 1. The van der Waals surface area contributed by atoms with E-state index in [2.05, 4.69) is 15.6 Å². The molecule has 2 aromatic carbocycles. The molecule has 0 spiro atoms. The number of hydrazone groups is 1. The minimum absolute atomic E-state index is 0.0775. The lowest BCUT2D eigenvalue weighted by Gasteiger charge is -2.08. The molecule has 6 nitrogen and oxygen atoms in total. The number of aromatic nitrogens is 2. The summed E-state index contributed by atoms with van der Waals surface area (Å²) in [4.78, 5) is 12.5. The summed E-state index contributed by atoms with van der Waals surface area (Å²) in [5, 5.41) is 9.02. The van der Waals surface area contributed by atoms with E-state index in [0.29, 0.717) is 27.0 Å². The molecule has 0 atom stereocenters. The van der Waals surface area contributed by atoms with Crippen LogP contribution >= 0.6 is 46.4 Å². The summed E-state index contributed by atoms with van der Waals surface area (Å²) in [5.41, 5.74) is 3.34. The summed E-state index contributed by atoms with van der Waals surface area (Å²) >= 11 is 24.3. The van der Waals surface area contributed by atoms with Gasteiger partial charge in [-0.3, -0.25) is 10.2 Å². The van der Waals surface area contributed by atoms with E-state index < -0.39 is 5.56 Å². The molecule has 1 aromatic heterocycles. The average molecular weight is 458 g/mol. The first kappa shape index (κ1) is 20.5. The molecule has 0 radical (unpaired) electrons. The zero-order chi connectivity index (χ0) is 20.3. The number of rotatable bonds is 5. The largest absolute Gasteiger partial charge is 0.497 e. The molecule has 28 heavy (non-hydrogen) atoms. The fourth-order valence-corrected chi connectivity index (χ4v) is 3.05. The maximum absolute atomic E-state index is 12.5. The molecule has 0 unspecified atom stereocenters. The van der Waals surface area contributed by atoms with Crippen LogP contribution in [0.25, 0.3) is 5.69 Å². The molecule has 10 heteroatoms. The highest BCUT2D eigenvalue weighted by Gasteiger charge is 2.11. The standard InChI is InChI=1S/C18H12Cl4N4O2/c1-28-11-4-2-10(3-5-11)26-18(27)17(22)15(9-24-26)25-23-8-12-13(19)6-7-14(20)16(12)21/h2-9,25H,1H3/b23-8-. The molecule has 0 bridgehead atoms. The Hall–Kier alpha value is -2.25. The average Bonchev–Trinajstić information content (AvgIpc) is 2.71. The SMILES string of the molecule is COc1ccc(-n2ncc(N/N=C\c3c(Cl)ccc(Cl)c3Cl)c(Cl)c2=O)cc1. The van der Waals surface area contributed by atoms with Crippen molar-refractivity contribution in [2.75, 3.05) is 12.5 Å². The Kier molecular flexibility index (Phi) is 6.46. The topological polar surface area (TPSA) is 68.5 Å². The molecular weight excluding hydrogens is 446 g/mol. The van der Waals surface area contributed by atoms with Crippen LogP contribution in [0.4, 0.5) is 5.69 Å². The Bertz CT molecular complexity index is 1100. The predicted octanol–water partition coefficient (Wildman–Crippen LogP) is 5.30. The summed E-state index contributed by atoms with van der Waals surface area (Å²) in [6, 6.07) is 9.99. The summed E-state index contributed by atoms with van der Waals surface area (Å²) in [6.07, 6.45) is 2.76. The van der Waals surface area contributed by atoms with Crippen LogP contribution in [-0.2, 0) is 0 Å². The van der Waals surface area contributed by atoms with Crippen molar-refractivity contribution in [1.82, 2.24) is 9.78 Å². The third-order valence-electron chi connectivity index (χ3n) is 3.69. The van der Waals surface area contributed by atoms with Crippen LogP contribution in [0.2, 0.25) is 20.1 Å². The Labute approximate surface area is 180 Å². The van der Waals surface area contributed by atoms with Gasteiger partial charge in [0.15, 0.2) is 0 Å². The Balaban J connectivity index is 1.85. The van der Waals surface area contributed by atoms with Crippen molar-refractivity contribution < 1.29 is 4.74 Å². The second kappa shape index (κ2) is 8.84. The van der Waals surface area contributed by atoms with Crippen LogP contribution in [0.3, 0.4) is 0 Å². The molecule has 1 heterocycles. The molecule has 3 aromatic rings. The van der Waals surface area contributed by atoms with Gasteiger partial charge in [0, 0.05) is 5.56 Å². The first-order valence-corrected chi connectivity index (χ1v) is 9.28. The zero-order valence-electron chi connectivity index (χ0n) is 14.3. The van der Waals surface area contributed by atoms with E-state index in [1.165, 1.54) is 17.1 Å². The first-order chi connectivity index (χ1) is 13.4. The van der Waals surface area contributed by atoms with Crippen LogP contribution in [0.1, 0.15) is 5.56 Å². The smallest absolute Gasteiger partial charge is 0.292 e. The number of hydrogen-bond acceptors (Lipinski definition) is 5. The first-order valence-electron chi connectivity index (χ1n) is 7.77. The molecule has 3 rings (SSSR count). The highest BCUT2D eigenvalue weighted by molar-refractivity contribution is 6.45. The molecule has 0 saturated carbocycles. The van der Waals surface area contributed by atoms with Gasteiger partial charge in [-0.05, 0) is 36.4 Å². The number of nitrogens with zero attached hydrogens (tertiary/aromatic N) is 3. The van der Waals surface area contributed by atoms with Crippen LogP contribution in [-0.4, -0.2) is 23.1 Å². The maximum atomic E-state index is 12.5. The van der Waals surface area contributed by atoms with Crippen molar-refractivity contribution >= 4 is 58.3 Å². The van der Waals surface area contributed by atoms with Crippen molar-refractivity contribution in [1.29, 1.82) is 0 Å². The minimum atomic E-state index is -0.508. The van der Waals surface area contributed by atoms with Gasteiger partial charge < -0.3 is 4.74 Å². The van der Waals surface area contributed by atoms with E-state index in [4.69, 9.17) is 51.1 Å². The van der Waals surface area contributed by atoms with Crippen molar-refractivity contribution in [3.8, 4) is 11.4 Å². The quantitative estimate of drug-likeness (QED) is 0.320. The van der Waals surface area contributed by atoms with Crippen molar-refractivity contribution in [2.45, 2.75) is 0 Å². The third kappa shape index (κ3) is 4.25.